The van der Waals surface area contributed by atoms with Crippen LogP contribution < -0.4 is 0 Å². The van der Waals surface area contributed by atoms with Gasteiger partial charge in [0.15, 0.2) is 0 Å². The van der Waals surface area contributed by atoms with Crippen LogP contribution in [0.15, 0.2) is 41.2 Å². The minimum atomic E-state index is -0.273. The zero-order valence-electron chi connectivity index (χ0n) is 9.76. The first-order valence-electron chi connectivity index (χ1n) is 5.33. The van der Waals surface area contributed by atoms with Crippen molar-refractivity contribution in [3.05, 3.63) is 52.9 Å². The quantitative estimate of drug-likeness (QED) is 0.928. The molecule has 0 atom stereocenters. The van der Waals surface area contributed by atoms with E-state index in [1.165, 1.54) is 17.0 Å². The number of halogens is 1. The maximum Gasteiger partial charge on any atom is 0.257 e. The largest absolute Gasteiger partial charge is 0.507 e. The lowest BCUT2D eigenvalue weighted by atomic mass is 10.1. The van der Waals surface area contributed by atoms with Gasteiger partial charge in [0, 0.05) is 24.2 Å². The molecule has 5 heteroatoms. The molecule has 0 aliphatic heterocycles. The van der Waals surface area contributed by atoms with E-state index in [0.29, 0.717) is 11.6 Å². The van der Waals surface area contributed by atoms with Crippen molar-refractivity contribution in [1.29, 1.82) is 0 Å². The molecule has 18 heavy (non-hydrogen) atoms. The molecule has 0 spiro atoms. The molecular formula is C13H12ClNO3. The average molecular weight is 266 g/mol. The Hall–Kier alpha value is -1.94. The van der Waals surface area contributed by atoms with Crippen LogP contribution in [0.1, 0.15) is 15.9 Å². The van der Waals surface area contributed by atoms with Gasteiger partial charge in [-0.15, -0.1) is 0 Å². The molecule has 0 saturated carbocycles. The fourth-order valence-corrected chi connectivity index (χ4v) is 1.79. The summed E-state index contributed by atoms with van der Waals surface area (Å²) in [5, 5.41) is 10.1. The number of hydrogen-bond donors (Lipinski definition) is 1. The van der Waals surface area contributed by atoms with Gasteiger partial charge in [0.25, 0.3) is 5.91 Å². The molecule has 4 nitrogen and oxygen atoms in total. The van der Waals surface area contributed by atoms with Crippen molar-refractivity contribution in [2.75, 3.05) is 7.05 Å². The van der Waals surface area contributed by atoms with Crippen LogP contribution in [-0.2, 0) is 6.54 Å². The Balaban J connectivity index is 2.15. The number of benzene rings is 1. The van der Waals surface area contributed by atoms with E-state index < -0.39 is 0 Å². The van der Waals surface area contributed by atoms with Gasteiger partial charge in [-0.2, -0.15) is 0 Å². The number of amides is 1. The molecule has 1 aromatic carbocycles. The summed E-state index contributed by atoms with van der Waals surface area (Å²) in [4.78, 5) is 13.6. The van der Waals surface area contributed by atoms with Crippen LogP contribution in [0, 0.1) is 0 Å². The predicted molar refractivity (Wildman–Crippen MR) is 67.6 cm³/mol. The summed E-state index contributed by atoms with van der Waals surface area (Å²) in [5.41, 5.74) is 1.12. The number of rotatable bonds is 3. The number of carbonyl (C=O) groups is 1. The third kappa shape index (κ3) is 2.65. The van der Waals surface area contributed by atoms with Gasteiger partial charge in [-0.25, -0.2) is 0 Å². The van der Waals surface area contributed by atoms with Gasteiger partial charge in [0.2, 0.25) is 0 Å². The molecule has 2 aromatic rings. The van der Waals surface area contributed by atoms with Crippen molar-refractivity contribution in [3.63, 3.8) is 0 Å². The Bertz CT molecular complexity index is 551. The molecule has 0 radical (unpaired) electrons. The molecule has 2 rings (SSSR count). The minimum Gasteiger partial charge on any atom is -0.507 e. The zero-order chi connectivity index (χ0) is 13.1. The lowest BCUT2D eigenvalue weighted by molar-refractivity contribution is 0.0782. The molecule has 1 amide bonds. The van der Waals surface area contributed by atoms with Crippen LogP contribution in [0.5, 0.6) is 5.75 Å². The topological polar surface area (TPSA) is 53.7 Å². The Morgan fingerprint density at radius 2 is 2.22 bits per heavy atom. The van der Waals surface area contributed by atoms with Crippen LogP contribution in [-0.4, -0.2) is 23.0 Å². The van der Waals surface area contributed by atoms with Crippen molar-refractivity contribution in [2.45, 2.75) is 6.54 Å². The standard InChI is InChI=1S/C13H12ClNO3/c1-15(7-9-4-5-18-8-9)13(17)11-3-2-10(14)6-12(11)16/h2-6,8,16H,7H2,1H3. The predicted octanol–water partition coefficient (Wildman–Crippen LogP) is 2.91. The van der Waals surface area contributed by atoms with Crippen LogP contribution in [0.25, 0.3) is 0 Å². The molecule has 1 aromatic heterocycles. The molecule has 0 bridgehead atoms. The number of carbonyl (C=O) groups excluding carboxylic acids is 1. The van der Waals surface area contributed by atoms with E-state index in [9.17, 15) is 9.90 Å². The second-order valence-electron chi connectivity index (χ2n) is 3.95. The van der Waals surface area contributed by atoms with E-state index in [2.05, 4.69) is 0 Å². The molecule has 0 unspecified atom stereocenters. The summed E-state index contributed by atoms with van der Waals surface area (Å²) in [6.07, 6.45) is 3.12. The van der Waals surface area contributed by atoms with Crippen LogP contribution in [0.4, 0.5) is 0 Å². The molecule has 0 aliphatic carbocycles. The molecule has 1 N–H and O–H groups in total. The summed E-state index contributed by atoms with van der Waals surface area (Å²) in [6, 6.07) is 6.21. The Labute approximate surface area is 109 Å². The normalized spacial score (nSPS) is 10.3. The zero-order valence-corrected chi connectivity index (χ0v) is 10.5. The van der Waals surface area contributed by atoms with E-state index in [1.54, 1.807) is 31.7 Å². The third-order valence-electron chi connectivity index (χ3n) is 2.54. The average Bonchev–Trinajstić information content (AvgIpc) is 2.81. The van der Waals surface area contributed by atoms with Crippen molar-refractivity contribution in [1.82, 2.24) is 4.90 Å². The first kappa shape index (κ1) is 12.5. The highest BCUT2D eigenvalue weighted by atomic mass is 35.5. The lowest BCUT2D eigenvalue weighted by Gasteiger charge is -2.16. The number of furan rings is 1. The van der Waals surface area contributed by atoms with Gasteiger partial charge in [0.1, 0.15) is 5.75 Å². The second kappa shape index (κ2) is 5.14. The number of nitrogens with zero attached hydrogens (tertiary/aromatic N) is 1. The molecule has 0 saturated heterocycles. The summed E-state index contributed by atoms with van der Waals surface area (Å²) in [5.74, 6) is -0.392. The third-order valence-corrected chi connectivity index (χ3v) is 2.77. The van der Waals surface area contributed by atoms with Crippen molar-refractivity contribution >= 4 is 17.5 Å². The summed E-state index contributed by atoms with van der Waals surface area (Å²) < 4.78 is 4.94. The monoisotopic (exact) mass is 265 g/mol. The molecular weight excluding hydrogens is 254 g/mol. The number of hydrogen-bond acceptors (Lipinski definition) is 3. The van der Waals surface area contributed by atoms with Gasteiger partial charge in [-0.05, 0) is 24.3 Å². The minimum absolute atomic E-state index is 0.119. The first-order chi connectivity index (χ1) is 8.58. The Morgan fingerprint density at radius 3 is 2.83 bits per heavy atom. The maximum atomic E-state index is 12.1. The highest BCUT2D eigenvalue weighted by Gasteiger charge is 2.16. The van der Waals surface area contributed by atoms with Gasteiger partial charge >= 0.3 is 0 Å². The fourth-order valence-electron chi connectivity index (χ4n) is 1.62. The van der Waals surface area contributed by atoms with Crippen molar-refractivity contribution in [3.8, 4) is 5.75 Å². The summed E-state index contributed by atoms with van der Waals surface area (Å²) in [6.45, 7) is 0.414. The van der Waals surface area contributed by atoms with E-state index in [4.69, 9.17) is 16.0 Å². The molecule has 94 valence electrons. The summed E-state index contributed by atoms with van der Waals surface area (Å²) >= 11 is 5.72. The van der Waals surface area contributed by atoms with Gasteiger partial charge in [-0.1, -0.05) is 11.6 Å². The molecule has 1 heterocycles. The number of aromatic hydroxyl groups is 1. The van der Waals surface area contributed by atoms with E-state index in [0.717, 1.165) is 5.56 Å². The lowest BCUT2D eigenvalue weighted by Crippen LogP contribution is -2.26. The SMILES string of the molecule is CN(Cc1ccoc1)C(=O)c1ccc(Cl)cc1O. The number of phenols is 1. The van der Waals surface area contributed by atoms with Gasteiger partial charge < -0.3 is 14.4 Å². The highest BCUT2D eigenvalue weighted by Crippen LogP contribution is 2.23. The Kier molecular flexibility index (Phi) is 3.58. The molecule has 0 aliphatic rings. The smallest absolute Gasteiger partial charge is 0.257 e. The maximum absolute atomic E-state index is 12.1. The van der Waals surface area contributed by atoms with Gasteiger partial charge in [-0.3, -0.25) is 4.79 Å². The van der Waals surface area contributed by atoms with Crippen molar-refractivity contribution in [2.24, 2.45) is 0 Å². The van der Waals surface area contributed by atoms with E-state index in [1.807, 2.05) is 0 Å². The van der Waals surface area contributed by atoms with Crippen LogP contribution in [0.2, 0.25) is 5.02 Å². The molecule has 0 fully saturated rings. The number of phenolic OH excluding ortho intramolecular Hbond substituents is 1. The Morgan fingerprint density at radius 1 is 1.44 bits per heavy atom. The van der Waals surface area contributed by atoms with Gasteiger partial charge in [0.05, 0.1) is 18.1 Å². The van der Waals surface area contributed by atoms with E-state index in [-0.39, 0.29) is 17.2 Å². The second-order valence-corrected chi connectivity index (χ2v) is 4.39. The highest BCUT2D eigenvalue weighted by molar-refractivity contribution is 6.30. The first-order valence-corrected chi connectivity index (χ1v) is 5.71. The van der Waals surface area contributed by atoms with Crippen molar-refractivity contribution < 1.29 is 14.3 Å². The summed E-state index contributed by atoms with van der Waals surface area (Å²) in [7, 11) is 1.66. The fraction of sp³-hybridized carbons (Fsp3) is 0.154. The van der Waals surface area contributed by atoms with E-state index >= 15 is 0 Å². The van der Waals surface area contributed by atoms with Crippen LogP contribution in [0.3, 0.4) is 0 Å². The van der Waals surface area contributed by atoms with Crippen LogP contribution >= 0.6 is 11.6 Å².